The molecule has 8 nitrogen and oxygen atoms in total. The van der Waals surface area contributed by atoms with Gasteiger partial charge in [-0.15, -0.1) is 10.2 Å². The number of hydrogen-bond acceptors (Lipinski definition) is 5. The van der Waals surface area contributed by atoms with Crippen LogP contribution in [0, 0.1) is 27.6 Å². The topological polar surface area (TPSA) is 94.2 Å². The smallest absolute Gasteiger partial charge is 0.333 e. The van der Waals surface area contributed by atoms with Crippen LogP contribution < -0.4 is 0 Å². The Hall–Kier alpha value is -3.19. The molecular formula is C16H13F6N5O3. The van der Waals surface area contributed by atoms with Crippen molar-refractivity contribution in [3.8, 4) is 0 Å². The fourth-order valence-corrected chi connectivity index (χ4v) is 3.11. The van der Waals surface area contributed by atoms with Crippen molar-refractivity contribution >= 4 is 5.91 Å². The first-order valence-electron chi connectivity index (χ1n) is 8.51. The van der Waals surface area contributed by atoms with E-state index in [9.17, 15) is 41.3 Å². The van der Waals surface area contributed by atoms with Gasteiger partial charge in [0, 0.05) is 30.5 Å². The molecule has 0 saturated heterocycles. The van der Waals surface area contributed by atoms with Crippen LogP contribution in [0.1, 0.15) is 23.6 Å². The van der Waals surface area contributed by atoms with Crippen molar-refractivity contribution in [3.05, 3.63) is 56.9 Å². The van der Waals surface area contributed by atoms with E-state index in [4.69, 9.17) is 0 Å². The zero-order chi connectivity index (χ0) is 22.2. The van der Waals surface area contributed by atoms with Crippen LogP contribution in [0.25, 0.3) is 0 Å². The normalized spacial score (nSPS) is 15.1. The van der Waals surface area contributed by atoms with E-state index in [-0.39, 0.29) is 31.5 Å². The highest BCUT2D eigenvalue weighted by atomic mass is 19.4. The van der Waals surface area contributed by atoms with E-state index in [1.165, 1.54) is 0 Å². The maximum atomic E-state index is 13.8. The van der Waals surface area contributed by atoms with Crippen LogP contribution in [-0.2, 0) is 30.5 Å². The molecule has 0 spiro atoms. The summed E-state index contributed by atoms with van der Waals surface area (Å²) in [6, 6.07) is -0.922. The number of alkyl halides is 3. The summed E-state index contributed by atoms with van der Waals surface area (Å²) in [5, 5.41) is 17.8. The van der Waals surface area contributed by atoms with E-state index < -0.39 is 64.7 Å². The summed E-state index contributed by atoms with van der Waals surface area (Å²) in [6.07, 6.45) is -6.11. The molecule has 1 aromatic carbocycles. The average Bonchev–Trinajstić information content (AvgIpc) is 3.08. The predicted molar refractivity (Wildman–Crippen MR) is 85.9 cm³/mol. The number of rotatable bonds is 5. The zero-order valence-corrected chi connectivity index (χ0v) is 15.0. The van der Waals surface area contributed by atoms with Crippen LogP contribution in [0.15, 0.2) is 12.1 Å². The van der Waals surface area contributed by atoms with Crippen LogP contribution in [0.5, 0.6) is 0 Å². The molecule has 1 amide bonds. The summed E-state index contributed by atoms with van der Waals surface area (Å²) in [5.41, 5.74) is -0.475. The molecule has 14 heteroatoms. The van der Waals surface area contributed by atoms with Gasteiger partial charge < -0.3 is 9.47 Å². The van der Waals surface area contributed by atoms with Gasteiger partial charge in [0.1, 0.15) is 5.82 Å². The summed E-state index contributed by atoms with van der Waals surface area (Å²) >= 11 is 0. The average molecular weight is 437 g/mol. The van der Waals surface area contributed by atoms with Crippen LogP contribution >= 0.6 is 0 Å². The maximum Gasteiger partial charge on any atom is 0.451 e. The molecule has 2 heterocycles. The van der Waals surface area contributed by atoms with E-state index in [0.29, 0.717) is 6.07 Å². The molecule has 1 unspecified atom stereocenters. The number of halogens is 6. The molecule has 30 heavy (non-hydrogen) atoms. The first kappa shape index (κ1) is 21.5. The van der Waals surface area contributed by atoms with Gasteiger partial charge in [-0.3, -0.25) is 14.9 Å². The second-order valence-electron chi connectivity index (χ2n) is 6.61. The van der Waals surface area contributed by atoms with Gasteiger partial charge in [-0.1, -0.05) is 0 Å². The van der Waals surface area contributed by atoms with Crippen LogP contribution in [0.3, 0.4) is 0 Å². The molecule has 2 aromatic rings. The lowest BCUT2D eigenvalue weighted by molar-refractivity contribution is -0.521. The monoisotopic (exact) mass is 437 g/mol. The highest BCUT2D eigenvalue weighted by molar-refractivity contribution is 5.76. The Morgan fingerprint density at radius 3 is 2.43 bits per heavy atom. The molecule has 1 atom stereocenters. The SMILES string of the molecule is O=C(CC(Cc1cc(F)c(F)cc1F)[N+](=O)[O-])N1CCn2c(nnc2C(F)(F)F)C1. The van der Waals surface area contributed by atoms with E-state index >= 15 is 0 Å². The quantitative estimate of drug-likeness (QED) is 0.310. The Bertz CT molecular complexity index is 992. The van der Waals surface area contributed by atoms with Gasteiger partial charge in [0.05, 0.1) is 13.0 Å². The minimum absolute atomic E-state index is 0.133. The molecular weight excluding hydrogens is 424 g/mol. The van der Waals surface area contributed by atoms with E-state index in [0.717, 1.165) is 9.47 Å². The van der Waals surface area contributed by atoms with Gasteiger partial charge in [0.25, 0.3) is 0 Å². The third kappa shape index (κ3) is 4.36. The fourth-order valence-electron chi connectivity index (χ4n) is 3.11. The minimum atomic E-state index is -4.72. The third-order valence-electron chi connectivity index (χ3n) is 4.61. The van der Waals surface area contributed by atoms with Crippen molar-refractivity contribution in [2.75, 3.05) is 6.54 Å². The van der Waals surface area contributed by atoms with Gasteiger partial charge in [0.15, 0.2) is 17.5 Å². The molecule has 1 aromatic heterocycles. The Kier molecular flexibility index (Phi) is 5.67. The lowest BCUT2D eigenvalue weighted by Gasteiger charge is -2.28. The van der Waals surface area contributed by atoms with Crippen molar-refractivity contribution in [1.82, 2.24) is 19.7 Å². The van der Waals surface area contributed by atoms with Crippen molar-refractivity contribution < 1.29 is 36.1 Å². The van der Waals surface area contributed by atoms with Crippen LogP contribution in [-0.4, -0.2) is 43.1 Å². The molecule has 0 bridgehead atoms. The second kappa shape index (κ2) is 7.91. The Labute approximate surface area is 164 Å². The Morgan fingerprint density at radius 1 is 1.13 bits per heavy atom. The molecule has 0 radical (unpaired) electrons. The molecule has 0 N–H and O–H groups in total. The largest absolute Gasteiger partial charge is 0.451 e. The summed E-state index contributed by atoms with van der Waals surface area (Å²) in [5.74, 6) is -6.16. The molecule has 162 valence electrons. The number of nitrogens with zero attached hydrogens (tertiary/aromatic N) is 5. The third-order valence-corrected chi connectivity index (χ3v) is 4.61. The molecule has 1 aliphatic rings. The van der Waals surface area contributed by atoms with Gasteiger partial charge >= 0.3 is 6.18 Å². The highest BCUT2D eigenvalue weighted by Gasteiger charge is 2.40. The molecule has 3 rings (SSSR count). The number of hydrogen-bond donors (Lipinski definition) is 0. The van der Waals surface area contributed by atoms with E-state index in [1.807, 2.05) is 0 Å². The molecule has 0 fully saturated rings. The summed E-state index contributed by atoms with van der Waals surface area (Å²) in [7, 11) is 0. The standard InChI is InChI=1S/C16H13F6N5O3/c17-10-6-12(19)11(18)4-8(10)3-9(27(29)30)5-14(28)25-1-2-26-13(7-25)23-24-15(26)16(20,21)22/h4,6,9H,1-3,5,7H2. The number of benzene rings is 1. The van der Waals surface area contributed by atoms with Gasteiger partial charge in [-0.25, -0.2) is 13.2 Å². The molecule has 0 aliphatic carbocycles. The van der Waals surface area contributed by atoms with Crippen molar-refractivity contribution in [2.24, 2.45) is 0 Å². The van der Waals surface area contributed by atoms with Gasteiger partial charge in [-0.05, 0) is 11.6 Å². The number of carbonyl (C=O) groups is 1. The number of fused-ring (bicyclic) bond motifs is 1. The van der Waals surface area contributed by atoms with E-state index in [1.54, 1.807) is 0 Å². The van der Waals surface area contributed by atoms with E-state index in [2.05, 4.69) is 10.2 Å². The van der Waals surface area contributed by atoms with Crippen molar-refractivity contribution in [2.45, 2.75) is 38.1 Å². The van der Waals surface area contributed by atoms with Gasteiger partial charge in [0.2, 0.25) is 17.8 Å². The molecule has 0 saturated carbocycles. The van der Waals surface area contributed by atoms with Gasteiger partial charge in [-0.2, -0.15) is 13.2 Å². The minimum Gasteiger partial charge on any atom is -0.333 e. The summed E-state index contributed by atoms with van der Waals surface area (Å²) < 4.78 is 79.5. The van der Waals surface area contributed by atoms with Crippen LogP contribution in [0.2, 0.25) is 0 Å². The second-order valence-corrected chi connectivity index (χ2v) is 6.61. The Morgan fingerprint density at radius 2 is 1.80 bits per heavy atom. The number of nitro groups is 1. The highest BCUT2D eigenvalue weighted by Crippen LogP contribution is 2.29. The van der Waals surface area contributed by atoms with Crippen molar-refractivity contribution in [3.63, 3.8) is 0 Å². The Balaban J connectivity index is 1.71. The zero-order valence-electron chi connectivity index (χ0n) is 15.0. The first-order chi connectivity index (χ1) is 14.0. The predicted octanol–water partition coefficient (Wildman–Crippen LogP) is 2.33. The first-order valence-corrected chi connectivity index (χ1v) is 8.51. The summed E-state index contributed by atoms with van der Waals surface area (Å²) in [6.45, 7) is -0.771. The number of carbonyl (C=O) groups excluding carboxylic acids is 1. The maximum absolute atomic E-state index is 13.8. The lowest BCUT2D eigenvalue weighted by Crippen LogP contribution is -2.41. The molecule has 1 aliphatic heterocycles. The van der Waals surface area contributed by atoms with Crippen LogP contribution in [0.4, 0.5) is 26.3 Å². The lowest BCUT2D eigenvalue weighted by atomic mass is 10.0. The number of amides is 1. The fraction of sp³-hybridized carbons (Fsp3) is 0.438. The number of aromatic nitrogens is 3. The van der Waals surface area contributed by atoms with Crippen molar-refractivity contribution in [1.29, 1.82) is 0 Å². The summed E-state index contributed by atoms with van der Waals surface area (Å²) in [4.78, 5) is 23.9.